The molecular formula is C13H19N3O4. The molecule has 0 aliphatic rings. The van der Waals surface area contributed by atoms with Crippen LogP contribution < -0.4 is 10.1 Å². The molecule has 1 rings (SSSR count). The maximum absolute atomic E-state index is 11.6. The van der Waals surface area contributed by atoms with E-state index in [-0.39, 0.29) is 30.1 Å². The second-order valence-electron chi connectivity index (χ2n) is 4.58. The van der Waals surface area contributed by atoms with Crippen molar-refractivity contribution in [3.8, 4) is 5.75 Å². The summed E-state index contributed by atoms with van der Waals surface area (Å²) in [5.74, 6) is -0.681. The third-order valence-electron chi connectivity index (χ3n) is 2.64. The molecule has 0 aromatic carbocycles. The van der Waals surface area contributed by atoms with Gasteiger partial charge in [-0.1, -0.05) is 13.3 Å². The number of carbonyl (C=O) groups is 1. The molecule has 0 radical (unpaired) electrons. The Balaban J connectivity index is 2.61. The lowest BCUT2D eigenvalue weighted by atomic mass is 10.2. The molecule has 0 aliphatic heterocycles. The Bertz CT molecular complexity index is 491. The largest absolute Gasteiger partial charge is 0.476 e. The molecule has 110 valence electrons. The van der Waals surface area contributed by atoms with E-state index in [9.17, 15) is 14.9 Å². The van der Waals surface area contributed by atoms with Gasteiger partial charge in [-0.25, -0.2) is 0 Å². The average Bonchev–Trinajstić information content (AvgIpc) is 2.37. The van der Waals surface area contributed by atoms with Crippen LogP contribution in [-0.2, 0) is 4.79 Å². The van der Waals surface area contributed by atoms with Crippen LogP contribution in [0.25, 0.3) is 0 Å². The van der Waals surface area contributed by atoms with Gasteiger partial charge < -0.3 is 20.2 Å². The number of hydrogen-bond acceptors (Lipinski definition) is 5. The molecule has 1 atom stereocenters. The highest BCUT2D eigenvalue weighted by Gasteiger charge is 2.18. The van der Waals surface area contributed by atoms with Crippen LogP contribution in [0.1, 0.15) is 32.4 Å². The van der Waals surface area contributed by atoms with Gasteiger partial charge >= 0.3 is 5.82 Å². The van der Waals surface area contributed by atoms with Crippen molar-refractivity contribution in [1.82, 2.24) is 10.3 Å². The number of amides is 1. The molecule has 1 amide bonds. The van der Waals surface area contributed by atoms with Crippen molar-refractivity contribution in [2.45, 2.75) is 39.7 Å². The molecule has 0 saturated heterocycles. The molecule has 0 bridgehead atoms. The molecule has 1 aromatic rings. The summed E-state index contributed by atoms with van der Waals surface area (Å²) in [5.41, 5.74) is 0.519. The van der Waals surface area contributed by atoms with E-state index in [1.54, 1.807) is 13.0 Å². The van der Waals surface area contributed by atoms with Gasteiger partial charge in [0.25, 0.3) is 5.91 Å². The van der Waals surface area contributed by atoms with Crippen molar-refractivity contribution < 1.29 is 14.5 Å². The highest BCUT2D eigenvalue weighted by atomic mass is 16.6. The first-order valence-corrected chi connectivity index (χ1v) is 6.48. The van der Waals surface area contributed by atoms with E-state index in [1.807, 2.05) is 13.8 Å². The fourth-order valence-electron chi connectivity index (χ4n) is 1.74. The number of pyridine rings is 1. The van der Waals surface area contributed by atoms with E-state index in [0.717, 1.165) is 12.8 Å². The van der Waals surface area contributed by atoms with E-state index in [1.165, 1.54) is 6.07 Å². The second-order valence-corrected chi connectivity index (χ2v) is 4.58. The summed E-state index contributed by atoms with van der Waals surface area (Å²) in [6.07, 6.45) is 1.84. The lowest BCUT2D eigenvalue weighted by molar-refractivity contribution is -0.390. The normalized spacial score (nSPS) is 11.8. The highest BCUT2D eigenvalue weighted by Crippen LogP contribution is 2.24. The van der Waals surface area contributed by atoms with Crippen LogP contribution in [0.15, 0.2) is 12.1 Å². The molecule has 1 unspecified atom stereocenters. The van der Waals surface area contributed by atoms with Gasteiger partial charge in [-0.15, -0.1) is 0 Å². The number of aryl methyl sites for hydroxylation is 1. The van der Waals surface area contributed by atoms with Crippen LogP contribution >= 0.6 is 0 Å². The topological polar surface area (TPSA) is 94.4 Å². The number of nitrogens with zero attached hydrogens (tertiary/aromatic N) is 2. The molecule has 1 N–H and O–H groups in total. The molecule has 0 saturated carbocycles. The molecule has 0 aliphatic carbocycles. The van der Waals surface area contributed by atoms with Gasteiger partial charge in [0.15, 0.2) is 6.61 Å². The second kappa shape index (κ2) is 7.42. The Morgan fingerprint density at radius 2 is 2.25 bits per heavy atom. The lowest BCUT2D eigenvalue weighted by Crippen LogP contribution is -2.36. The quantitative estimate of drug-likeness (QED) is 0.609. The first-order chi connectivity index (χ1) is 9.43. The maximum Gasteiger partial charge on any atom is 0.406 e. The van der Waals surface area contributed by atoms with Gasteiger partial charge in [-0.2, -0.15) is 0 Å². The first-order valence-electron chi connectivity index (χ1n) is 6.48. The van der Waals surface area contributed by atoms with Crippen LogP contribution in [0.3, 0.4) is 0 Å². The van der Waals surface area contributed by atoms with Crippen molar-refractivity contribution in [3.05, 3.63) is 27.9 Å². The van der Waals surface area contributed by atoms with E-state index in [0.29, 0.717) is 5.69 Å². The van der Waals surface area contributed by atoms with Crippen molar-refractivity contribution in [3.63, 3.8) is 0 Å². The predicted molar refractivity (Wildman–Crippen MR) is 73.6 cm³/mol. The molecular weight excluding hydrogens is 262 g/mol. The van der Waals surface area contributed by atoms with Gasteiger partial charge in [-0.05, 0) is 35.4 Å². The Morgan fingerprint density at radius 1 is 1.55 bits per heavy atom. The van der Waals surface area contributed by atoms with E-state index < -0.39 is 4.92 Å². The number of ether oxygens (including phenoxy) is 1. The third-order valence-corrected chi connectivity index (χ3v) is 2.64. The third kappa shape index (κ3) is 4.83. The van der Waals surface area contributed by atoms with Gasteiger partial charge in [0.05, 0.1) is 0 Å². The monoisotopic (exact) mass is 281 g/mol. The fourth-order valence-corrected chi connectivity index (χ4v) is 1.74. The standard InChI is InChI=1S/C13H19N3O4/c1-4-5-9(2)14-12(17)8-20-11-7-6-10(3)15-13(11)16(18)19/h6-7,9H,4-5,8H2,1-3H3,(H,14,17). The number of rotatable bonds is 7. The number of aromatic nitrogens is 1. The van der Waals surface area contributed by atoms with E-state index in [2.05, 4.69) is 10.3 Å². The van der Waals surface area contributed by atoms with Crippen LogP contribution in [0, 0.1) is 17.0 Å². The molecule has 0 spiro atoms. The van der Waals surface area contributed by atoms with Crippen molar-refractivity contribution >= 4 is 11.7 Å². The lowest BCUT2D eigenvalue weighted by Gasteiger charge is -2.13. The Morgan fingerprint density at radius 3 is 2.85 bits per heavy atom. The Kier molecular flexibility index (Phi) is 5.89. The van der Waals surface area contributed by atoms with Crippen LogP contribution in [0.4, 0.5) is 5.82 Å². The van der Waals surface area contributed by atoms with Crippen LogP contribution in [0.5, 0.6) is 5.75 Å². The number of carbonyl (C=O) groups excluding carboxylic acids is 1. The zero-order valence-electron chi connectivity index (χ0n) is 11.9. The Labute approximate surface area is 117 Å². The first kappa shape index (κ1) is 15.9. The van der Waals surface area contributed by atoms with E-state index in [4.69, 9.17) is 4.74 Å². The molecule has 7 heteroatoms. The van der Waals surface area contributed by atoms with Crippen LogP contribution in [0.2, 0.25) is 0 Å². The average molecular weight is 281 g/mol. The number of nitrogens with one attached hydrogen (secondary N) is 1. The summed E-state index contributed by atoms with van der Waals surface area (Å²) in [6, 6.07) is 3.10. The summed E-state index contributed by atoms with van der Waals surface area (Å²) in [7, 11) is 0. The van der Waals surface area contributed by atoms with Crippen LogP contribution in [-0.4, -0.2) is 28.5 Å². The minimum Gasteiger partial charge on any atom is -0.476 e. The maximum atomic E-state index is 11.6. The molecule has 7 nitrogen and oxygen atoms in total. The zero-order chi connectivity index (χ0) is 15.1. The SMILES string of the molecule is CCCC(C)NC(=O)COc1ccc(C)nc1[N+](=O)[O-]. The predicted octanol–water partition coefficient (Wildman–Crippen LogP) is 1.98. The number of nitro groups is 1. The fraction of sp³-hybridized carbons (Fsp3) is 0.538. The van der Waals surface area contributed by atoms with Gasteiger partial charge in [0.2, 0.25) is 5.75 Å². The summed E-state index contributed by atoms with van der Waals surface area (Å²) < 4.78 is 5.18. The zero-order valence-corrected chi connectivity index (χ0v) is 11.9. The van der Waals surface area contributed by atoms with Gasteiger partial charge in [0, 0.05) is 13.0 Å². The molecule has 1 aromatic heterocycles. The van der Waals surface area contributed by atoms with Crippen molar-refractivity contribution in [2.75, 3.05) is 6.61 Å². The smallest absolute Gasteiger partial charge is 0.406 e. The molecule has 20 heavy (non-hydrogen) atoms. The van der Waals surface area contributed by atoms with E-state index >= 15 is 0 Å². The highest BCUT2D eigenvalue weighted by molar-refractivity contribution is 5.77. The van der Waals surface area contributed by atoms with Crippen molar-refractivity contribution in [2.24, 2.45) is 0 Å². The number of hydrogen-bond donors (Lipinski definition) is 1. The molecule has 0 fully saturated rings. The van der Waals surface area contributed by atoms with Gasteiger partial charge in [-0.3, -0.25) is 4.79 Å². The minimum absolute atomic E-state index is 0.00102. The summed E-state index contributed by atoms with van der Waals surface area (Å²) in [6.45, 7) is 5.31. The Hall–Kier alpha value is -2.18. The summed E-state index contributed by atoms with van der Waals surface area (Å²) >= 11 is 0. The van der Waals surface area contributed by atoms with Crippen molar-refractivity contribution in [1.29, 1.82) is 0 Å². The summed E-state index contributed by atoms with van der Waals surface area (Å²) in [5, 5.41) is 13.6. The summed E-state index contributed by atoms with van der Waals surface area (Å²) in [4.78, 5) is 25.6. The molecule has 1 heterocycles. The minimum atomic E-state index is -0.625. The van der Waals surface area contributed by atoms with Gasteiger partial charge in [0.1, 0.15) is 5.69 Å².